The van der Waals surface area contributed by atoms with E-state index in [1.807, 2.05) is 38.1 Å². The number of carbonyl (C=O) groups excluding carboxylic acids is 1. The van der Waals surface area contributed by atoms with Gasteiger partial charge < -0.3 is 10.1 Å². The molecule has 168 valence electrons. The Morgan fingerprint density at radius 2 is 1.66 bits per heavy atom. The van der Waals surface area contributed by atoms with Crippen LogP contribution in [0.2, 0.25) is 5.02 Å². The summed E-state index contributed by atoms with van der Waals surface area (Å²) in [6, 6.07) is 20.3. The van der Waals surface area contributed by atoms with Crippen LogP contribution in [0.25, 0.3) is 0 Å². The van der Waals surface area contributed by atoms with E-state index in [0.29, 0.717) is 23.9 Å². The van der Waals surface area contributed by atoms with Crippen LogP contribution in [0.15, 0.2) is 77.7 Å². The number of nitrogens with one attached hydrogen (secondary N) is 1. The lowest BCUT2D eigenvalue weighted by atomic mass is 10.1. The summed E-state index contributed by atoms with van der Waals surface area (Å²) in [6.07, 6.45) is 0. The van der Waals surface area contributed by atoms with Gasteiger partial charge in [0.2, 0.25) is 5.91 Å². The molecule has 0 bridgehead atoms. The minimum absolute atomic E-state index is 0.0273. The molecule has 0 atom stereocenters. The van der Waals surface area contributed by atoms with E-state index >= 15 is 0 Å². The number of benzene rings is 3. The van der Waals surface area contributed by atoms with E-state index in [9.17, 15) is 13.2 Å². The summed E-state index contributed by atoms with van der Waals surface area (Å²) in [6.45, 7) is 4.04. The van der Waals surface area contributed by atoms with Crippen LogP contribution in [-0.2, 0) is 21.4 Å². The number of hydrogen-bond donors (Lipinski definition) is 1. The zero-order valence-corrected chi connectivity index (χ0v) is 19.5. The number of aryl methyl sites for hydroxylation is 1. The number of halogens is 1. The maximum Gasteiger partial charge on any atom is 0.264 e. The molecule has 3 rings (SSSR count). The number of nitrogens with zero attached hydrogens (tertiary/aromatic N) is 1. The highest BCUT2D eigenvalue weighted by Crippen LogP contribution is 2.32. The monoisotopic (exact) mass is 472 g/mol. The fraction of sp³-hybridized carbons (Fsp3) is 0.208. The molecule has 1 amide bonds. The molecule has 0 aliphatic rings. The summed E-state index contributed by atoms with van der Waals surface area (Å²) in [5, 5.41) is 3.21. The molecule has 32 heavy (non-hydrogen) atoms. The first-order valence-electron chi connectivity index (χ1n) is 10.1. The van der Waals surface area contributed by atoms with E-state index < -0.39 is 22.5 Å². The molecule has 0 heterocycles. The van der Waals surface area contributed by atoms with E-state index in [0.717, 1.165) is 15.4 Å². The van der Waals surface area contributed by atoms with Crippen molar-refractivity contribution < 1.29 is 17.9 Å². The summed E-state index contributed by atoms with van der Waals surface area (Å²) >= 11 is 5.93. The summed E-state index contributed by atoms with van der Waals surface area (Å²) < 4.78 is 33.7. The Kier molecular flexibility index (Phi) is 7.77. The number of ether oxygens (including phenoxy) is 1. The van der Waals surface area contributed by atoms with Gasteiger partial charge in [-0.1, -0.05) is 53.6 Å². The number of carbonyl (C=O) groups is 1. The number of anilines is 1. The predicted molar refractivity (Wildman–Crippen MR) is 127 cm³/mol. The van der Waals surface area contributed by atoms with E-state index in [-0.39, 0.29) is 10.6 Å². The number of rotatable bonds is 9. The third-order valence-corrected chi connectivity index (χ3v) is 6.76. The zero-order chi connectivity index (χ0) is 23.1. The topological polar surface area (TPSA) is 75.7 Å². The van der Waals surface area contributed by atoms with Crippen LogP contribution in [0.4, 0.5) is 5.69 Å². The lowest BCUT2D eigenvalue weighted by Gasteiger charge is -2.26. The third kappa shape index (κ3) is 5.81. The number of amides is 1. The van der Waals surface area contributed by atoms with Crippen LogP contribution in [-0.4, -0.2) is 27.5 Å². The second kappa shape index (κ2) is 10.5. The average Bonchev–Trinajstić information content (AvgIpc) is 2.78. The Hall–Kier alpha value is -3.03. The van der Waals surface area contributed by atoms with Crippen LogP contribution >= 0.6 is 11.6 Å². The lowest BCUT2D eigenvalue weighted by molar-refractivity contribution is -0.119. The van der Waals surface area contributed by atoms with Gasteiger partial charge in [-0.15, -0.1) is 0 Å². The van der Waals surface area contributed by atoms with E-state index in [4.69, 9.17) is 16.3 Å². The summed E-state index contributed by atoms with van der Waals surface area (Å²) in [7, 11) is -4.06. The molecular formula is C24H25ClN2O4S. The molecule has 0 aliphatic heterocycles. The minimum atomic E-state index is -4.06. The molecule has 3 aromatic carbocycles. The maximum atomic E-state index is 13.5. The first kappa shape index (κ1) is 23.6. The van der Waals surface area contributed by atoms with Crippen molar-refractivity contribution in [1.29, 1.82) is 0 Å². The first-order chi connectivity index (χ1) is 15.3. The highest BCUT2D eigenvalue weighted by atomic mass is 35.5. The molecule has 6 nitrogen and oxygen atoms in total. The highest BCUT2D eigenvalue weighted by Gasteiger charge is 2.29. The fourth-order valence-corrected chi connectivity index (χ4v) is 4.62. The third-order valence-electron chi connectivity index (χ3n) is 4.73. The fourth-order valence-electron chi connectivity index (χ4n) is 3.07. The quantitative estimate of drug-likeness (QED) is 0.495. The van der Waals surface area contributed by atoms with Gasteiger partial charge in [-0.25, -0.2) is 8.42 Å². The zero-order valence-electron chi connectivity index (χ0n) is 17.9. The predicted octanol–water partition coefficient (Wildman–Crippen LogP) is 4.56. The van der Waals surface area contributed by atoms with Crippen molar-refractivity contribution in [3.63, 3.8) is 0 Å². The largest absolute Gasteiger partial charge is 0.492 e. The Labute approximate surface area is 193 Å². The molecule has 3 aromatic rings. The molecule has 0 saturated heterocycles. The van der Waals surface area contributed by atoms with Gasteiger partial charge in [0.15, 0.2) is 0 Å². The van der Waals surface area contributed by atoms with Crippen LogP contribution in [0.5, 0.6) is 5.75 Å². The summed E-state index contributed by atoms with van der Waals surface area (Å²) in [5.74, 6) is -0.0618. The normalized spacial score (nSPS) is 11.1. The van der Waals surface area contributed by atoms with Gasteiger partial charge in [0.1, 0.15) is 12.3 Å². The molecule has 0 fully saturated rings. The molecule has 0 aromatic heterocycles. The van der Waals surface area contributed by atoms with Crippen molar-refractivity contribution in [2.24, 2.45) is 0 Å². The van der Waals surface area contributed by atoms with Gasteiger partial charge >= 0.3 is 0 Å². The SMILES string of the molecule is CCOc1ccccc1N(CC(=O)NCc1ccc(C)cc1)S(=O)(=O)c1ccc(Cl)cc1. The number of hydrogen-bond acceptors (Lipinski definition) is 4. The Balaban J connectivity index is 1.91. The lowest BCUT2D eigenvalue weighted by Crippen LogP contribution is -2.40. The van der Waals surface area contributed by atoms with Crippen LogP contribution < -0.4 is 14.4 Å². The standard InChI is InChI=1S/C24H25ClN2O4S/c1-3-31-23-7-5-4-6-22(23)27(32(29,30)21-14-12-20(25)13-15-21)17-24(28)26-16-19-10-8-18(2)9-11-19/h4-15H,3,16-17H2,1-2H3,(H,26,28). The molecule has 1 N–H and O–H groups in total. The van der Waals surface area contributed by atoms with E-state index in [1.165, 1.54) is 24.3 Å². The van der Waals surface area contributed by atoms with Gasteiger partial charge in [-0.3, -0.25) is 9.10 Å². The number of sulfonamides is 1. The van der Waals surface area contributed by atoms with Gasteiger partial charge in [0.25, 0.3) is 10.0 Å². The van der Waals surface area contributed by atoms with Gasteiger partial charge in [0.05, 0.1) is 17.2 Å². The van der Waals surface area contributed by atoms with Gasteiger partial charge in [-0.2, -0.15) is 0 Å². The Morgan fingerprint density at radius 1 is 1.00 bits per heavy atom. The Bertz CT molecular complexity index is 1160. The van der Waals surface area contributed by atoms with Crippen LogP contribution in [0, 0.1) is 6.92 Å². The molecule has 0 saturated carbocycles. The second-order valence-electron chi connectivity index (χ2n) is 7.13. The molecule has 0 radical (unpaired) electrons. The second-order valence-corrected chi connectivity index (χ2v) is 9.43. The van der Waals surface area contributed by atoms with E-state index in [2.05, 4.69) is 5.32 Å². The van der Waals surface area contributed by atoms with Gasteiger partial charge in [-0.05, 0) is 55.8 Å². The van der Waals surface area contributed by atoms with Crippen LogP contribution in [0.1, 0.15) is 18.1 Å². The summed E-state index contributed by atoms with van der Waals surface area (Å²) in [5.41, 5.74) is 2.33. The van der Waals surface area contributed by atoms with Crippen molar-refractivity contribution in [3.8, 4) is 5.75 Å². The molecule has 8 heteroatoms. The maximum absolute atomic E-state index is 13.5. The molecule has 0 spiro atoms. The average molecular weight is 473 g/mol. The first-order valence-corrected chi connectivity index (χ1v) is 12.0. The Morgan fingerprint density at radius 3 is 2.31 bits per heavy atom. The molecule has 0 aliphatic carbocycles. The molecule has 0 unspecified atom stereocenters. The van der Waals surface area contributed by atoms with Crippen molar-refractivity contribution in [1.82, 2.24) is 5.32 Å². The van der Waals surface area contributed by atoms with Crippen molar-refractivity contribution in [2.75, 3.05) is 17.5 Å². The van der Waals surface area contributed by atoms with Gasteiger partial charge in [0, 0.05) is 11.6 Å². The smallest absolute Gasteiger partial charge is 0.264 e. The summed E-state index contributed by atoms with van der Waals surface area (Å²) in [4.78, 5) is 12.8. The van der Waals surface area contributed by atoms with Crippen LogP contribution in [0.3, 0.4) is 0 Å². The van der Waals surface area contributed by atoms with Crippen molar-refractivity contribution in [3.05, 3.63) is 88.9 Å². The number of para-hydroxylation sites is 2. The van der Waals surface area contributed by atoms with Crippen molar-refractivity contribution in [2.45, 2.75) is 25.3 Å². The molecular weight excluding hydrogens is 448 g/mol. The van der Waals surface area contributed by atoms with Crippen molar-refractivity contribution >= 4 is 33.2 Å². The van der Waals surface area contributed by atoms with E-state index in [1.54, 1.807) is 24.3 Å². The highest BCUT2D eigenvalue weighted by molar-refractivity contribution is 7.92. The minimum Gasteiger partial charge on any atom is -0.492 e.